The zero-order valence-electron chi connectivity index (χ0n) is 14.7. The van der Waals surface area contributed by atoms with Crippen LogP contribution in [0.25, 0.3) is 0 Å². The Morgan fingerprint density at radius 1 is 1.23 bits per heavy atom. The van der Waals surface area contributed by atoms with Crippen LogP contribution in [0.2, 0.25) is 0 Å². The molecule has 0 bridgehead atoms. The van der Waals surface area contributed by atoms with Gasteiger partial charge in [0, 0.05) is 24.9 Å². The Labute approximate surface area is 156 Å². The lowest BCUT2D eigenvalue weighted by molar-refractivity contribution is 0.0784. The summed E-state index contributed by atoms with van der Waals surface area (Å²) in [6, 6.07) is 15.4. The van der Waals surface area contributed by atoms with E-state index in [0.29, 0.717) is 17.9 Å². The van der Waals surface area contributed by atoms with Crippen LogP contribution in [0.15, 0.2) is 60.0 Å². The maximum absolute atomic E-state index is 12.9. The first-order valence-corrected chi connectivity index (χ1v) is 9.10. The molecule has 1 amide bonds. The second-order valence-corrected chi connectivity index (χ2v) is 6.71. The molecule has 3 aromatic rings. The van der Waals surface area contributed by atoms with Crippen LogP contribution in [0.4, 0.5) is 0 Å². The van der Waals surface area contributed by atoms with Gasteiger partial charge in [0.25, 0.3) is 5.91 Å². The number of carbonyl (C=O) groups is 1. The standard InChI is InChI=1S/C19H20N4O2S/c1-23(11-14-6-5-8-16(10-14)25-2)18(24)17-9-4-3-7-15(17)12-26-19-20-13-21-22-19/h3-10,13H,11-12H2,1-2H3,(H,20,21,22). The molecule has 0 fully saturated rings. The zero-order valence-corrected chi connectivity index (χ0v) is 15.5. The van der Waals surface area contributed by atoms with Crippen molar-refractivity contribution in [1.82, 2.24) is 20.1 Å². The normalized spacial score (nSPS) is 10.5. The highest BCUT2D eigenvalue weighted by Gasteiger charge is 2.16. The number of methoxy groups -OCH3 is 1. The number of hydrogen-bond donors (Lipinski definition) is 1. The van der Waals surface area contributed by atoms with E-state index in [0.717, 1.165) is 22.0 Å². The second kappa shape index (κ2) is 8.53. The van der Waals surface area contributed by atoms with Crippen LogP contribution >= 0.6 is 11.8 Å². The van der Waals surface area contributed by atoms with Crippen LogP contribution in [-0.4, -0.2) is 40.1 Å². The topological polar surface area (TPSA) is 71.1 Å². The van der Waals surface area contributed by atoms with Gasteiger partial charge in [-0.15, -0.1) is 0 Å². The van der Waals surface area contributed by atoms with E-state index in [1.165, 1.54) is 18.1 Å². The first-order chi connectivity index (χ1) is 12.7. The summed E-state index contributed by atoms with van der Waals surface area (Å²) in [5, 5.41) is 7.39. The summed E-state index contributed by atoms with van der Waals surface area (Å²) < 4.78 is 5.25. The lowest BCUT2D eigenvalue weighted by Crippen LogP contribution is -2.27. The molecule has 3 rings (SSSR count). The predicted octanol–water partition coefficient (Wildman–Crippen LogP) is 3.38. The van der Waals surface area contributed by atoms with Gasteiger partial charge in [0.1, 0.15) is 12.1 Å². The van der Waals surface area contributed by atoms with E-state index in [1.807, 2.05) is 55.6 Å². The number of rotatable bonds is 7. The Bertz CT molecular complexity index is 867. The number of ether oxygens (including phenoxy) is 1. The van der Waals surface area contributed by atoms with Crippen LogP contribution in [0, 0.1) is 0 Å². The molecule has 1 N–H and O–H groups in total. The second-order valence-electron chi connectivity index (χ2n) is 5.75. The minimum Gasteiger partial charge on any atom is -0.497 e. The molecule has 0 atom stereocenters. The van der Waals surface area contributed by atoms with Gasteiger partial charge in [-0.25, -0.2) is 4.98 Å². The van der Waals surface area contributed by atoms with Crippen molar-refractivity contribution in [1.29, 1.82) is 0 Å². The number of H-pyrrole nitrogens is 1. The van der Waals surface area contributed by atoms with Crippen molar-refractivity contribution in [3.05, 3.63) is 71.5 Å². The third-order valence-corrected chi connectivity index (χ3v) is 4.83. The lowest BCUT2D eigenvalue weighted by atomic mass is 10.1. The molecular formula is C19H20N4O2S. The Morgan fingerprint density at radius 2 is 2.08 bits per heavy atom. The molecule has 0 aliphatic heterocycles. The molecule has 1 aromatic heterocycles. The summed E-state index contributed by atoms with van der Waals surface area (Å²) >= 11 is 1.52. The first kappa shape index (κ1) is 18.0. The van der Waals surface area contributed by atoms with Gasteiger partial charge in [-0.3, -0.25) is 9.89 Å². The van der Waals surface area contributed by atoms with E-state index in [1.54, 1.807) is 12.0 Å². The lowest BCUT2D eigenvalue weighted by Gasteiger charge is -2.19. The molecule has 26 heavy (non-hydrogen) atoms. The van der Waals surface area contributed by atoms with Gasteiger partial charge in [-0.05, 0) is 29.3 Å². The van der Waals surface area contributed by atoms with Crippen LogP contribution in [0.3, 0.4) is 0 Å². The SMILES string of the molecule is COc1cccc(CN(C)C(=O)c2ccccc2CSc2ncn[nH]2)c1. The maximum Gasteiger partial charge on any atom is 0.254 e. The smallest absolute Gasteiger partial charge is 0.254 e. The van der Waals surface area contributed by atoms with Gasteiger partial charge in [0.2, 0.25) is 0 Å². The molecule has 0 aliphatic carbocycles. The van der Waals surface area contributed by atoms with E-state index in [9.17, 15) is 4.79 Å². The van der Waals surface area contributed by atoms with Crippen LogP contribution in [0.5, 0.6) is 5.75 Å². The minimum absolute atomic E-state index is 0.0124. The van der Waals surface area contributed by atoms with Gasteiger partial charge >= 0.3 is 0 Å². The summed E-state index contributed by atoms with van der Waals surface area (Å²) in [6.07, 6.45) is 1.47. The average molecular weight is 368 g/mol. The van der Waals surface area contributed by atoms with Crippen LogP contribution in [0.1, 0.15) is 21.5 Å². The number of aromatic amines is 1. The molecule has 0 saturated heterocycles. The van der Waals surface area contributed by atoms with Gasteiger partial charge in [-0.1, -0.05) is 42.1 Å². The monoisotopic (exact) mass is 368 g/mol. The fraction of sp³-hybridized carbons (Fsp3) is 0.211. The summed E-state index contributed by atoms with van der Waals surface area (Å²) in [5.74, 6) is 1.41. The average Bonchev–Trinajstić information content (AvgIpc) is 3.19. The minimum atomic E-state index is -0.0124. The number of hydrogen-bond acceptors (Lipinski definition) is 5. The summed E-state index contributed by atoms with van der Waals surface area (Å²) in [5.41, 5.74) is 2.69. The van der Waals surface area contributed by atoms with E-state index in [2.05, 4.69) is 15.2 Å². The van der Waals surface area contributed by atoms with Gasteiger partial charge < -0.3 is 9.64 Å². The van der Waals surface area contributed by atoms with E-state index >= 15 is 0 Å². The van der Waals surface area contributed by atoms with E-state index in [-0.39, 0.29) is 5.91 Å². The third kappa shape index (κ3) is 4.43. The zero-order chi connectivity index (χ0) is 18.4. The molecule has 6 nitrogen and oxygen atoms in total. The summed E-state index contributed by atoms with van der Waals surface area (Å²) in [4.78, 5) is 18.8. The van der Waals surface area contributed by atoms with Gasteiger partial charge in [0.05, 0.1) is 7.11 Å². The predicted molar refractivity (Wildman–Crippen MR) is 101 cm³/mol. The number of nitrogens with one attached hydrogen (secondary N) is 1. The highest BCUT2D eigenvalue weighted by atomic mass is 32.2. The molecule has 0 aliphatic rings. The molecule has 2 aromatic carbocycles. The quantitative estimate of drug-likeness (QED) is 0.648. The molecule has 134 valence electrons. The van der Waals surface area contributed by atoms with Crippen molar-refractivity contribution in [2.75, 3.05) is 14.2 Å². The molecule has 0 radical (unpaired) electrons. The molecule has 0 spiro atoms. The Morgan fingerprint density at radius 3 is 2.85 bits per heavy atom. The Hall–Kier alpha value is -2.80. The molecule has 7 heteroatoms. The van der Waals surface area contributed by atoms with Gasteiger partial charge in [0.15, 0.2) is 5.16 Å². The summed E-state index contributed by atoms with van der Waals surface area (Å²) in [6.45, 7) is 0.514. The molecule has 0 unspecified atom stereocenters. The molecule has 1 heterocycles. The Balaban J connectivity index is 1.72. The van der Waals surface area contributed by atoms with Crippen molar-refractivity contribution < 1.29 is 9.53 Å². The van der Waals surface area contributed by atoms with Crippen molar-refractivity contribution in [2.45, 2.75) is 17.5 Å². The van der Waals surface area contributed by atoms with Crippen molar-refractivity contribution in [3.63, 3.8) is 0 Å². The highest BCUT2D eigenvalue weighted by molar-refractivity contribution is 7.98. The van der Waals surface area contributed by atoms with Gasteiger partial charge in [-0.2, -0.15) is 5.10 Å². The third-order valence-electron chi connectivity index (χ3n) is 3.91. The van der Waals surface area contributed by atoms with Crippen molar-refractivity contribution >= 4 is 17.7 Å². The molecular weight excluding hydrogens is 348 g/mol. The number of amides is 1. The van der Waals surface area contributed by atoms with Crippen molar-refractivity contribution in [2.24, 2.45) is 0 Å². The number of aromatic nitrogens is 3. The maximum atomic E-state index is 12.9. The fourth-order valence-electron chi connectivity index (χ4n) is 2.59. The molecule has 0 saturated carbocycles. The van der Waals surface area contributed by atoms with Crippen LogP contribution < -0.4 is 4.74 Å². The first-order valence-electron chi connectivity index (χ1n) is 8.12. The highest BCUT2D eigenvalue weighted by Crippen LogP contribution is 2.22. The van der Waals surface area contributed by atoms with E-state index in [4.69, 9.17) is 4.74 Å². The number of carbonyl (C=O) groups excluding carboxylic acids is 1. The fourth-order valence-corrected chi connectivity index (χ4v) is 3.37. The Kier molecular flexibility index (Phi) is 5.91. The number of nitrogens with zero attached hydrogens (tertiary/aromatic N) is 3. The number of benzene rings is 2. The number of thioether (sulfide) groups is 1. The summed E-state index contributed by atoms with van der Waals surface area (Å²) in [7, 11) is 3.44. The van der Waals surface area contributed by atoms with Crippen molar-refractivity contribution in [3.8, 4) is 5.75 Å². The largest absolute Gasteiger partial charge is 0.497 e. The van der Waals surface area contributed by atoms with Crippen LogP contribution in [-0.2, 0) is 12.3 Å². The van der Waals surface area contributed by atoms with E-state index < -0.39 is 0 Å².